The van der Waals surface area contributed by atoms with Crippen LogP contribution in [0.4, 0.5) is 0 Å². The van der Waals surface area contributed by atoms with Crippen molar-refractivity contribution in [1.29, 1.82) is 0 Å². The van der Waals surface area contributed by atoms with E-state index in [0.29, 0.717) is 0 Å². The molecule has 0 saturated carbocycles. The van der Waals surface area contributed by atoms with Crippen LogP contribution in [0.5, 0.6) is 0 Å². The molecular weight excluding hydrogens is 593 g/mol. The van der Waals surface area contributed by atoms with Crippen LogP contribution in [0.25, 0.3) is 98.8 Å². The highest BCUT2D eigenvalue weighted by Gasteiger charge is 2.24. The standard InChI is InChI=1S/C48H30O/c1-4-16-31(17-5-1)43-35-22-10-11-23-36(35)44(32-18-6-2-7-19-32)41-30-34(28-29-39(41)43)45-37-24-12-13-25-38(37)47-40-26-14-15-27-42(40)49-48(47)46(45)33-20-8-3-9-21-33/h1-30H. The number of rotatable bonds is 4. The molecule has 1 heteroatoms. The fourth-order valence-electron chi connectivity index (χ4n) is 8.00. The number of para-hydroxylation sites is 1. The van der Waals surface area contributed by atoms with Crippen molar-refractivity contribution in [2.45, 2.75) is 0 Å². The van der Waals surface area contributed by atoms with Crippen molar-refractivity contribution in [3.8, 4) is 44.5 Å². The second kappa shape index (κ2) is 11.1. The van der Waals surface area contributed by atoms with Gasteiger partial charge in [0.1, 0.15) is 11.2 Å². The minimum absolute atomic E-state index is 0.904. The molecule has 49 heavy (non-hydrogen) atoms. The summed E-state index contributed by atoms with van der Waals surface area (Å²) in [6.45, 7) is 0. The third kappa shape index (κ3) is 4.26. The Labute approximate surface area is 284 Å². The zero-order valence-electron chi connectivity index (χ0n) is 26.7. The molecule has 0 unspecified atom stereocenters. The van der Waals surface area contributed by atoms with Gasteiger partial charge in [-0.05, 0) is 77.8 Å². The van der Waals surface area contributed by atoms with Crippen molar-refractivity contribution in [2.75, 3.05) is 0 Å². The van der Waals surface area contributed by atoms with Crippen molar-refractivity contribution in [3.05, 3.63) is 182 Å². The lowest BCUT2D eigenvalue weighted by atomic mass is 9.83. The summed E-state index contributed by atoms with van der Waals surface area (Å²) in [7, 11) is 0. The van der Waals surface area contributed by atoms with Gasteiger partial charge in [0.15, 0.2) is 0 Å². The lowest BCUT2D eigenvalue weighted by molar-refractivity contribution is 0.670. The van der Waals surface area contributed by atoms with Gasteiger partial charge < -0.3 is 4.42 Å². The highest BCUT2D eigenvalue weighted by molar-refractivity contribution is 6.28. The van der Waals surface area contributed by atoms with E-state index in [2.05, 4.69) is 182 Å². The van der Waals surface area contributed by atoms with Crippen LogP contribution in [0.2, 0.25) is 0 Å². The first-order chi connectivity index (χ1) is 24.3. The molecule has 0 atom stereocenters. The Morgan fingerprint density at radius 1 is 0.265 bits per heavy atom. The summed E-state index contributed by atoms with van der Waals surface area (Å²) >= 11 is 0. The Morgan fingerprint density at radius 2 is 0.694 bits per heavy atom. The third-order valence-corrected chi connectivity index (χ3v) is 10.0. The predicted molar refractivity (Wildman–Crippen MR) is 208 cm³/mol. The van der Waals surface area contributed by atoms with Crippen LogP contribution in [0.1, 0.15) is 0 Å². The first-order valence-corrected chi connectivity index (χ1v) is 16.9. The SMILES string of the molecule is c1ccc(-c2c3ccccc3c(-c3ccccc3)c3cc(-c4c(-c5ccccc5)c5oc6ccccc6c5c5ccccc45)ccc23)cc1. The molecule has 0 aliphatic carbocycles. The molecule has 1 aromatic heterocycles. The van der Waals surface area contributed by atoms with Crippen molar-refractivity contribution in [3.63, 3.8) is 0 Å². The smallest absolute Gasteiger partial charge is 0.144 e. The lowest BCUT2D eigenvalue weighted by Gasteiger charge is -2.20. The highest BCUT2D eigenvalue weighted by Crippen LogP contribution is 2.50. The van der Waals surface area contributed by atoms with Gasteiger partial charge in [-0.15, -0.1) is 0 Å². The van der Waals surface area contributed by atoms with Crippen LogP contribution in [-0.4, -0.2) is 0 Å². The molecule has 228 valence electrons. The normalized spacial score (nSPS) is 11.7. The monoisotopic (exact) mass is 622 g/mol. The summed E-state index contributed by atoms with van der Waals surface area (Å²) in [5, 5.41) is 9.69. The summed E-state index contributed by atoms with van der Waals surface area (Å²) in [6, 6.07) is 65.6. The van der Waals surface area contributed by atoms with Gasteiger partial charge in [0, 0.05) is 21.9 Å². The summed E-state index contributed by atoms with van der Waals surface area (Å²) < 4.78 is 6.82. The molecule has 0 amide bonds. The molecule has 0 N–H and O–H groups in total. The maximum Gasteiger partial charge on any atom is 0.144 e. The molecule has 10 aromatic rings. The van der Waals surface area contributed by atoms with E-state index >= 15 is 0 Å². The summed E-state index contributed by atoms with van der Waals surface area (Å²) in [5.41, 5.74) is 11.4. The van der Waals surface area contributed by atoms with Crippen molar-refractivity contribution in [1.82, 2.24) is 0 Å². The Kier molecular flexibility index (Phi) is 6.25. The van der Waals surface area contributed by atoms with E-state index in [1.54, 1.807) is 0 Å². The maximum absolute atomic E-state index is 6.82. The molecule has 0 spiro atoms. The summed E-state index contributed by atoms with van der Waals surface area (Å²) in [5.74, 6) is 0. The first kappa shape index (κ1) is 27.7. The highest BCUT2D eigenvalue weighted by atomic mass is 16.3. The van der Waals surface area contributed by atoms with Gasteiger partial charge in [0.25, 0.3) is 0 Å². The summed E-state index contributed by atoms with van der Waals surface area (Å²) in [4.78, 5) is 0. The summed E-state index contributed by atoms with van der Waals surface area (Å²) in [6.07, 6.45) is 0. The Bertz CT molecular complexity index is 2850. The number of benzene rings is 9. The van der Waals surface area contributed by atoms with Crippen LogP contribution < -0.4 is 0 Å². The number of fused-ring (bicyclic) bond motifs is 7. The Morgan fingerprint density at radius 3 is 1.29 bits per heavy atom. The van der Waals surface area contributed by atoms with Crippen LogP contribution in [0, 0.1) is 0 Å². The second-order valence-corrected chi connectivity index (χ2v) is 12.8. The van der Waals surface area contributed by atoms with E-state index in [4.69, 9.17) is 4.42 Å². The fraction of sp³-hybridized carbons (Fsp3) is 0. The van der Waals surface area contributed by atoms with Gasteiger partial charge in [-0.1, -0.05) is 170 Å². The van der Waals surface area contributed by atoms with Crippen LogP contribution >= 0.6 is 0 Å². The molecule has 0 saturated heterocycles. The molecule has 0 aliphatic rings. The van der Waals surface area contributed by atoms with Gasteiger partial charge >= 0.3 is 0 Å². The van der Waals surface area contributed by atoms with E-state index < -0.39 is 0 Å². The van der Waals surface area contributed by atoms with Crippen LogP contribution in [0.3, 0.4) is 0 Å². The Balaban J connectivity index is 1.40. The molecule has 0 fully saturated rings. The molecule has 1 nitrogen and oxygen atoms in total. The topological polar surface area (TPSA) is 13.1 Å². The van der Waals surface area contributed by atoms with E-state index in [0.717, 1.165) is 38.6 Å². The third-order valence-electron chi connectivity index (χ3n) is 10.0. The average Bonchev–Trinajstić information content (AvgIpc) is 3.57. The first-order valence-electron chi connectivity index (χ1n) is 16.9. The minimum atomic E-state index is 0.904. The van der Waals surface area contributed by atoms with E-state index in [1.165, 1.54) is 60.1 Å². The second-order valence-electron chi connectivity index (χ2n) is 12.8. The van der Waals surface area contributed by atoms with Gasteiger partial charge in [-0.25, -0.2) is 0 Å². The quantitative estimate of drug-likeness (QED) is 0.178. The molecular formula is C48H30O. The predicted octanol–water partition coefficient (Wildman–Crippen LogP) is 13.7. The molecule has 0 radical (unpaired) electrons. The van der Waals surface area contributed by atoms with Gasteiger partial charge in [0.05, 0.1) is 0 Å². The molecule has 1 heterocycles. The van der Waals surface area contributed by atoms with E-state index in [1.807, 2.05) is 0 Å². The number of furan rings is 1. The van der Waals surface area contributed by atoms with Crippen molar-refractivity contribution >= 4 is 54.3 Å². The van der Waals surface area contributed by atoms with Crippen molar-refractivity contribution < 1.29 is 4.42 Å². The Hall–Kier alpha value is -6.44. The molecule has 9 aromatic carbocycles. The minimum Gasteiger partial charge on any atom is -0.455 e. The van der Waals surface area contributed by atoms with Gasteiger partial charge in [-0.3, -0.25) is 0 Å². The zero-order chi connectivity index (χ0) is 32.3. The van der Waals surface area contributed by atoms with Gasteiger partial charge in [0.2, 0.25) is 0 Å². The maximum atomic E-state index is 6.82. The molecule has 10 rings (SSSR count). The van der Waals surface area contributed by atoms with E-state index in [9.17, 15) is 0 Å². The molecule has 0 bridgehead atoms. The largest absolute Gasteiger partial charge is 0.455 e. The van der Waals surface area contributed by atoms with E-state index in [-0.39, 0.29) is 0 Å². The van der Waals surface area contributed by atoms with Crippen molar-refractivity contribution in [2.24, 2.45) is 0 Å². The van der Waals surface area contributed by atoms with Gasteiger partial charge in [-0.2, -0.15) is 0 Å². The van der Waals surface area contributed by atoms with Crippen LogP contribution in [-0.2, 0) is 0 Å². The average molecular weight is 623 g/mol. The fourth-order valence-corrected chi connectivity index (χ4v) is 8.00. The molecule has 0 aliphatic heterocycles. The number of hydrogen-bond donors (Lipinski definition) is 0. The van der Waals surface area contributed by atoms with Crippen LogP contribution in [0.15, 0.2) is 186 Å². The number of hydrogen-bond acceptors (Lipinski definition) is 1. The zero-order valence-corrected chi connectivity index (χ0v) is 26.7. The lowest BCUT2D eigenvalue weighted by Crippen LogP contribution is -1.93.